The first-order valence-corrected chi connectivity index (χ1v) is 12.1. The molecular weight excluding hydrogens is 426 g/mol. The van der Waals surface area contributed by atoms with Gasteiger partial charge in [-0.05, 0) is 91.6 Å². The molecule has 1 aliphatic heterocycles. The Hall–Kier alpha value is -3.41. The van der Waals surface area contributed by atoms with Gasteiger partial charge in [-0.2, -0.15) is 0 Å². The second-order valence-corrected chi connectivity index (χ2v) is 9.34. The zero-order chi connectivity index (χ0) is 23.4. The molecule has 2 fully saturated rings. The van der Waals surface area contributed by atoms with Gasteiger partial charge in [-0.1, -0.05) is 6.07 Å². The summed E-state index contributed by atoms with van der Waals surface area (Å²) in [5.41, 5.74) is 2.51. The molecule has 0 spiro atoms. The first-order valence-electron chi connectivity index (χ1n) is 12.1. The molecule has 2 aliphatic rings. The monoisotopic (exact) mass is 457 g/mol. The highest BCUT2D eigenvalue weighted by atomic mass is 16.5. The standard InChI is InChI=1S/C28H31N3O3/c1-33-25-7-6-23(18-26(25)34-24-4-2-3-5-24)28(19-21-8-13-29-14-9-21)12-17-31(27(28)32)20-22-10-15-30-16-11-22/h6-11,13-16,18,24H,2-5,12,17,19-20H2,1H3. The minimum Gasteiger partial charge on any atom is -0.493 e. The Balaban J connectivity index is 1.50. The fourth-order valence-corrected chi connectivity index (χ4v) is 5.33. The van der Waals surface area contributed by atoms with Gasteiger partial charge in [0.1, 0.15) is 0 Å². The smallest absolute Gasteiger partial charge is 0.233 e. The van der Waals surface area contributed by atoms with Crippen LogP contribution in [0.4, 0.5) is 0 Å². The van der Waals surface area contributed by atoms with E-state index in [4.69, 9.17) is 9.47 Å². The lowest BCUT2D eigenvalue weighted by Crippen LogP contribution is -2.39. The summed E-state index contributed by atoms with van der Waals surface area (Å²) in [6, 6.07) is 14.0. The van der Waals surface area contributed by atoms with Crippen molar-refractivity contribution in [3.63, 3.8) is 0 Å². The van der Waals surface area contributed by atoms with Crippen molar-refractivity contribution in [1.82, 2.24) is 14.9 Å². The van der Waals surface area contributed by atoms with Crippen molar-refractivity contribution in [3.8, 4) is 11.5 Å². The zero-order valence-electron chi connectivity index (χ0n) is 19.7. The van der Waals surface area contributed by atoms with Crippen LogP contribution in [0.3, 0.4) is 0 Å². The molecule has 1 unspecified atom stereocenters. The third-order valence-corrected chi connectivity index (χ3v) is 7.20. The van der Waals surface area contributed by atoms with E-state index < -0.39 is 5.41 Å². The van der Waals surface area contributed by atoms with Crippen LogP contribution in [0.15, 0.2) is 67.3 Å². The highest BCUT2D eigenvalue weighted by Crippen LogP contribution is 2.43. The SMILES string of the molecule is COc1ccc(C2(Cc3ccncc3)CCN(Cc3ccncc3)C2=O)cc1OC1CCCC1. The van der Waals surface area contributed by atoms with Crippen molar-refractivity contribution >= 4 is 5.91 Å². The number of hydrogen-bond donors (Lipinski definition) is 0. The van der Waals surface area contributed by atoms with E-state index in [2.05, 4.69) is 9.97 Å². The average Bonchev–Trinajstić information content (AvgIpc) is 3.50. The normalized spacial score (nSPS) is 20.6. The second-order valence-electron chi connectivity index (χ2n) is 9.34. The van der Waals surface area contributed by atoms with Crippen molar-refractivity contribution < 1.29 is 14.3 Å². The first-order chi connectivity index (χ1) is 16.7. The number of rotatable bonds is 8. The molecule has 1 aliphatic carbocycles. The molecule has 0 N–H and O–H groups in total. The number of hydrogen-bond acceptors (Lipinski definition) is 5. The maximum absolute atomic E-state index is 14.1. The summed E-state index contributed by atoms with van der Waals surface area (Å²) < 4.78 is 12.0. The molecule has 6 heteroatoms. The predicted octanol–water partition coefficient (Wildman–Crippen LogP) is 4.72. The van der Waals surface area contributed by atoms with E-state index in [9.17, 15) is 4.79 Å². The highest BCUT2D eigenvalue weighted by molar-refractivity contribution is 5.91. The van der Waals surface area contributed by atoms with Crippen molar-refractivity contribution in [2.24, 2.45) is 0 Å². The van der Waals surface area contributed by atoms with Crippen LogP contribution >= 0.6 is 0 Å². The van der Waals surface area contributed by atoms with E-state index in [0.29, 0.717) is 25.3 Å². The maximum atomic E-state index is 14.1. The first kappa shape index (κ1) is 22.4. The number of methoxy groups -OCH3 is 1. The summed E-state index contributed by atoms with van der Waals surface area (Å²) in [5, 5.41) is 0. The number of aromatic nitrogens is 2. The van der Waals surface area contributed by atoms with Gasteiger partial charge in [0.15, 0.2) is 11.5 Å². The van der Waals surface area contributed by atoms with Crippen LogP contribution in [0.25, 0.3) is 0 Å². The van der Waals surface area contributed by atoms with Crippen molar-refractivity contribution in [2.45, 2.75) is 56.6 Å². The summed E-state index contributed by atoms with van der Waals surface area (Å²) in [6.45, 7) is 1.29. The summed E-state index contributed by atoms with van der Waals surface area (Å²) in [4.78, 5) is 24.3. The molecule has 1 amide bonds. The van der Waals surface area contributed by atoms with Gasteiger partial charge in [0.05, 0.1) is 18.6 Å². The molecule has 2 aromatic heterocycles. The van der Waals surface area contributed by atoms with Gasteiger partial charge < -0.3 is 14.4 Å². The fourth-order valence-electron chi connectivity index (χ4n) is 5.33. The van der Waals surface area contributed by atoms with E-state index in [1.54, 1.807) is 31.9 Å². The minimum atomic E-state index is -0.658. The summed E-state index contributed by atoms with van der Waals surface area (Å²) in [5.74, 6) is 1.60. The summed E-state index contributed by atoms with van der Waals surface area (Å²) in [6.07, 6.45) is 13.2. The molecular formula is C28H31N3O3. The molecule has 1 aromatic carbocycles. The molecule has 1 saturated heterocycles. The molecule has 1 atom stereocenters. The van der Waals surface area contributed by atoms with Gasteiger partial charge in [0.25, 0.3) is 0 Å². The topological polar surface area (TPSA) is 64.5 Å². The number of carbonyl (C=O) groups excluding carboxylic acids is 1. The lowest BCUT2D eigenvalue weighted by molar-refractivity contribution is -0.133. The molecule has 176 valence electrons. The van der Waals surface area contributed by atoms with Crippen molar-refractivity contribution in [2.75, 3.05) is 13.7 Å². The fraction of sp³-hybridized carbons (Fsp3) is 0.393. The lowest BCUT2D eigenvalue weighted by Gasteiger charge is -2.30. The van der Waals surface area contributed by atoms with Crippen LogP contribution in [-0.2, 0) is 23.2 Å². The number of benzene rings is 1. The Morgan fingerprint density at radius 3 is 2.29 bits per heavy atom. The average molecular weight is 458 g/mol. The van der Waals surface area contributed by atoms with Crippen molar-refractivity contribution in [1.29, 1.82) is 0 Å². The maximum Gasteiger partial charge on any atom is 0.233 e. The third kappa shape index (κ3) is 4.49. The Morgan fingerprint density at radius 1 is 0.941 bits per heavy atom. The molecule has 3 heterocycles. The number of amides is 1. The van der Waals surface area contributed by atoms with Gasteiger partial charge in [0.2, 0.25) is 5.91 Å². The summed E-state index contributed by atoms with van der Waals surface area (Å²) in [7, 11) is 1.67. The molecule has 0 bridgehead atoms. The van der Waals surface area contributed by atoms with E-state index in [1.807, 2.05) is 47.4 Å². The van der Waals surface area contributed by atoms with Crippen LogP contribution in [0.5, 0.6) is 11.5 Å². The minimum absolute atomic E-state index is 0.151. The van der Waals surface area contributed by atoms with E-state index in [-0.39, 0.29) is 12.0 Å². The Labute approximate surface area is 201 Å². The quantitative estimate of drug-likeness (QED) is 0.490. The van der Waals surface area contributed by atoms with Gasteiger partial charge in [-0.15, -0.1) is 0 Å². The van der Waals surface area contributed by atoms with Gasteiger partial charge in [-0.3, -0.25) is 14.8 Å². The predicted molar refractivity (Wildman–Crippen MR) is 130 cm³/mol. The van der Waals surface area contributed by atoms with Crippen molar-refractivity contribution in [3.05, 3.63) is 83.9 Å². The van der Waals surface area contributed by atoms with Crippen LogP contribution in [0, 0.1) is 0 Å². The highest BCUT2D eigenvalue weighted by Gasteiger charge is 2.48. The van der Waals surface area contributed by atoms with Gasteiger partial charge in [0, 0.05) is 37.9 Å². The van der Waals surface area contributed by atoms with E-state index in [0.717, 1.165) is 41.7 Å². The largest absolute Gasteiger partial charge is 0.493 e. The summed E-state index contributed by atoms with van der Waals surface area (Å²) >= 11 is 0. The number of carbonyl (C=O) groups is 1. The van der Waals surface area contributed by atoms with E-state index in [1.165, 1.54) is 12.8 Å². The van der Waals surface area contributed by atoms with Gasteiger partial charge in [-0.25, -0.2) is 0 Å². The van der Waals surface area contributed by atoms with Crippen LogP contribution in [0.1, 0.15) is 48.8 Å². The Kier molecular flexibility index (Phi) is 6.48. The second kappa shape index (κ2) is 9.84. The van der Waals surface area contributed by atoms with Crippen LogP contribution in [0.2, 0.25) is 0 Å². The zero-order valence-corrected chi connectivity index (χ0v) is 19.7. The number of ether oxygens (including phenoxy) is 2. The van der Waals surface area contributed by atoms with E-state index >= 15 is 0 Å². The number of pyridine rings is 2. The van der Waals surface area contributed by atoms with Gasteiger partial charge >= 0.3 is 0 Å². The third-order valence-electron chi connectivity index (χ3n) is 7.20. The Morgan fingerprint density at radius 2 is 1.62 bits per heavy atom. The van der Waals surface area contributed by atoms with Crippen LogP contribution in [-0.4, -0.2) is 40.5 Å². The lowest BCUT2D eigenvalue weighted by atomic mass is 9.74. The molecule has 5 rings (SSSR count). The number of likely N-dealkylation sites (tertiary alicyclic amines) is 1. The molecule has 6 nitrogen and oxygen atoms in total. The molecule has 3 aromatic rings. The molecule has 1 saturated carbocycles. The Bertz CT molecular complexity index is 1120. The molecule has 0 radical (unpaired) electrons. The van der Waals surface area contributed by atoms with Crippen LogP contribution < -0.4 is 9.47 Å². The number of nitrogens with zero attached hydrogens (tertiary/aromatic N) is 3. The molecule has 34 heavy (non-hydrogen) atoms.